The molecule has 0 saturated heterocycles. The summed E-state index contributed by atoms with van der Waals surface area (Å²) in [4.78, 5) is 13.6. The molecule has 1 aliphatic rings. The highest BCUT2D eigenvalue weighted by atomic mass is 16.5. The molecular weight excluding hydrogens is 414 g/mol. The van der Waals surface area contributed by atoms with E-state index < -0.39 is 12.1 Å². The van der Waals surface area contributed by atoms with Gasteiger partial charge in [-0.2, -0.15) is 0 Å². The smallest absolute Gasteiger partial charge is 0.333 e. The minimum absolute atomic E-state index is 0.333. The van der Waals surface area contributed by atoms with Gasteiger partial charge in [0.15, 0.2) is 6.10 Å². The number of aryl methyl sites for hydroxylation is 2. The lowest BCUT2D eigenvalue weighted by Gasteiger charge is -2.31. The van der Waals surface area contributed by atoms with Gasteiger partial charge >= 0.3 is 5.97 Å². The van der Waals surface area contributed by atoms with Crippen LogP contribution in [0.2, 0.25) is 0 Å². The lowest BCUT2D eigenvalue weighted by molar-refractivity contribution is -0.148. The highest BCUT2D eigenvalue weighted by Crippen LogP contribution is 2.35. The molecule has 0 aliphatic carbocycles. The third-order valence-electron chi connectivity index (χ3n) is 6.16. The van der Waals surface area contributed by atoms with Crippen LogP contribution in [0.5, 0.6) is 5.75 Å². The molecule has 0 amide bonds. The molecule has 0 radical (unpaired) electrons. The predicted octanol–water partition coefficient (Wildman–Crippen LogP) is 5.42. The molecule has 0 aromatic heterocycles. The molecule has 1 aliphatic heterocycles. The van der Waals surface area contributed by atoms with E-state index in [4.69, 9.17) is 14.6 Å². The zero-order chi connectivity index (χ0) is 23.0. The molecule has 0 fully saturated rings. The fourth-order valence-electron chi connectivity index (χ4n) is 4.43. The zero-order valence-electron chi connectivity index (χ0n) is 19.1. The van der Waals surface area contributed by atoms with Crippen LogP contribution in [-0.2, 0) is 28.8 Å². The second-order valence-corrected chi connectivity index (χ2v) is 8.38. The fourth-order valence-corrected chi connectivity index (χ4v) is 4.43. The van der Waals surface area contributed by atoms with Crippen LogP contribution in [0.4, 0.5) is 11.4 Å². The van der Waals surface area contributed by atoms with Gasteiger partial charge in [-0.25, -0.2) is 4.79 Å². The predicted molar refractivity (Wildman–Crippen MR) is 131 cm³/mol. The fraction of sp³-hybridized carbons (Fsp3) is 0.321. The first-order valence-electron chi connectivity index (χ1n) is 11.6. The third kappa shape index (κ3) is 5.74. The van der Waals surface area contributed by atoms with Crippen LogP contribution >= 0.6 is 0 Å². The molecule has 1 unspecified atom stereocenters. The van der Waals surface area contributed by atoms with Crippen molar-refractivity contribution in [3.63, 3.8) is 0 Å². The van der Waals surface area contributed by atoms with Crippen molar-refractivity contribution in [2.45, 2.75) is 38.2 Å². The van der Waals surface area contributed by atoms with Crippen molar-refractivity contribution in [2.24, 2.45) is 0 Å². The lowest BCUT2D eigenvalue weighted by atomic mass is 9.97. The van der Waals surface area contributed by atoms with Crippen molar-refractivity contribution in [3.8, 4) is 5.75 Å². The summed E-state index contributed by atoms with van der Waals surface area (Å²) in [5, 5.41) is 9.14. The standard InChI is InChI=1S/C28H31NO4/c1-32-27(28(30)31)20-21-14-16-24(17-15-21)33-19-7-18-29-25-12-4-2-8-22(25)10-6-11-23-9-3-5-13-26(23)29/h2-5,8-9,12-17,27H,6-7,10-11,18-20H2,1H3,(H,30,31). The van der Waals surface area contributed by atoms with Crippen LogP contribution in [0.1, 0.15) is 29.5 Å². The van der Waals surface area contributed by atoms with Gasteiger partial charge in [0.2, 0.25) is 0 Å². The number of hydrogen-bond acceptors (Lipinski definition) is 4. The van der Waals surface area contributed by atoms with Crippen LogP contribution in [0, 0.1) is 0 Å². The Morgan fingerprint density at radius 3 is 2.12 bits per heavy atom. The molecular formula is C28H31NO4. The molecule has 1 N–H and O–H groups in total. The molecule has 3 aromatic carbocycles. The first-order valence-corrected chi connectivity index (χ1v) is 11.6. The van der Waals surface area contributed by atoms with E-state index >= 15 is 0 Å². The summed E-state index contributed by atoms with van der Waals surface area (Å²) >= 11 is 0. The maximum absolute atomic E-state index is 11.1. The van der Waals surface area contributed by atoms with E-state index in [-0.39, 0.29) is 0 Å². The zero-order valence-corrected chi connectivity index (χ0v) is 19.1. The Kier molecular flexibility index (Phi) is 7.63. The Hall–Kier alpha value is -3.31. The number of aliphatic carboxylic acids is 1. The molecule has 0 saturated carbocycles. The second-order valence-electron chi connectivity index (χ2n) is 8.38. The lowest BCUT2D eigenvalue weighted by Crippen LogP contribution is -2.24. The molecule has 5 heteroatoms. The Labute approximate surface area is 195 Å². The first-order chi connectivity index (χ1) is 16.2. The molecule has 4 rings (SSSR count). The van der Waals surface area contributed by atoms with E-state index in [9.17, 15) is 4.79 Å². The summed E-state index contributed by atoms with van der Waals surface area (Å²) in [5.41, 5.74) is 6.30. The topological polar surface area (TPSA) is 59.0 Å². The number of methoxy groups -OCH3 is 1. The normalized spacial score (nSPS) is 13.9. The van der Waals surface area contributed by atoms with Gasteiger partial charge in [0, 0.05) is 31.5 Å². The SMILES string of the molecule is COC(Cc1ccc(OCCCN2c3ccccc3CCCc3ccccc32)cc1)C(=O)O. The van der Waals surface area contributed by atoms with Crippen molar-refractivity contribution >= 4 is 17.3 Å². The van der Waals surface area contributed by atoms with E-state index in [1.165, 1.54) is 36.0 Å². The van der Waals surface area contributed by atoms with E-state index in [0.29, 0.717) is 13.0 Å². The van der Waals surface area contributed by atoms with Gasteiger partial charge < -0.3 is 19.5 Å². The number of fused-ring (bicyclic) bond motifs is 2. The first kappa shape index (κ1) is 22.9. The van der Waals surface area contributed by atoms with Crippen LogP contribution in [0.25, 0.3) is 0 Å². The largest absolute Gasteiger partial charge is 0.494 e. The van der Waals surface area contributed by atoms with Crippen LogP contribution < -0.4 is 9.64 Å². The molecule has 0 spiro atoms. The van der Waals surface area contributed by atoms with Crippen LogP contribution in [0.3, 0.4) is 0 Å². The molecule has 3 aromatic rings. The molecule has 172 valence electrons. The Balaban J connectivity index is 1.38. The highest BCUT2D eigenvalue weighted by Gasteiger charge is 2.19. The summed E-state index contributed by atoms with van der Waals surface area (Å²) < 4.78 is 11.0. The summed E-state index contributed by atoms with van der Waals surface area (Å²) in [6, 6.07) is 25.0. The molecule has 33 heavy (non-hydrogen) atoms. The number of para-hydroxylation sites is 2. The maximum Gasteiger partial charge on any atom is 0.333 e. The second kappa shape index (κ2) is 11.0. The summed E-state index contributed by atoms with van der Waals surface area (Å²) in [7, 11) is 1.42. The highest BCUT2D eigenvalue weighted by molar-refractivity contribution is 5.72. The van der Waals surface area contributed by atoms with Crippen molar-refractivity contribution in [2.75, 3.05) is 25.2 Å². The summed E-state index contributed by atoms with van der Waals surface area (Å²) in [5.74, 6) is -0.165. The number of ether oxygens (including phenoxy) is 2. The maximum atomic E-state index is 11.1. The average Bonchev–Trinajstić information content (AvgIpc) is 2.83. The van der Waals surface area contributed by atoms with Gasteiger partial charge in [-0.3, -0.25) is 0 Å². The number of carboxylic acid groups (broad SMARTS) is 1. The quantitative estimate of drug-likeness (QED) is 0.446. The van der Waals surface area contributed by atoms with Gasteiger partial charge in [0.1, 0.15) is 5.75 Å². The third-order valence-corrected chi connectivity index (χ3v) is 6.16. The number of benzene rings is 3. The molecule has 0 bridgehead atoms. The van der Waals surface area contributed by atoms with Gasteiger partial charge in [-0.1, -0.05) is 48.5 Å². The molecule has 5 nitrogen and oxygen atoms in total. The summed E-state index contributed by atoms with van der Waals surface area (Å²) in [6.45, 7) is 1.48. The monoisotopic (exact) mass is 445 g/mol. The minimum atomic E-state index is -0.954. The van der Waals surface area contributed by atoms with Crippen LogP contribution in [0.15, 0.2) is 72.8 Å². The number of hydrogen-bond donors (Lipinski definition) is 1. The van der Waals surface area contributed by atoms with Gasteiger partial charge in [0.25, 0.3) is 0 Å². The molecule has 1 atom stereocenters. The Morgan fingerprint density at radius 2 is 1.55 bits per heavy atom. The average molecular weight is 446 g/mol. The van der Waals surface area contributed by atoms with Gasteiger partial charge in [0.05, 0.1) is 6.61 Å². The van der Waals surface area contributed by atoms with Gasteiger partial charge in [-0.05, 0) is 66.6 Å². The molecule has 1 heterocycles. The number of carboxylic acids is 1. The van der Waals surface area contributed by atoms with E-state index in [2.05, 4.69) is 53.4 Å². The summed E-state index contributed by atoms with van der Waals surface area (Å²) in [6.07, 6.45) is 3.74. The van der Waals surface area contributed by atoms with Crippen molar-refractivity contribution in [1.82, 2.24) is 0 Å². The van der Waals surface area contributed by atoms with E-state index in [0.717, 1.165) is 37.1 Å². The number of carbonyl (C=O) groups is 1. The van der Waals surface area contributed by atoms with Crippen molar-refractivity contribution in [1.29, 1.82) is 0 Å². The number of rotatable bonds is 9. The Bertz CT molecular complexity index is 1020. The van der Waals surface area contributed by atoms with Crippen LogP contribution in [-0.4, -0.2) is 37.4 Å². The Morgan fingerprint density at radius 1 is 0.939 bits per heavy atom. The van der Waals surface area contributed by atoms with Crippen molar-refractivity contribution in [3.05, 3.63) is 89.5 Å². The van der Waals surface area contributed by atoms with Crippen molar-refractivity contribution < 1.29 is 19.4 Å². The number of anilines is 2. The van der Waals surface area contributed by atoms with E-state index in [1.54, 1.807) is 0 Å². The van der Waals surface area contributed by atoms with E-state index in [1.807, 2.05) is 24.3 Å². The van der Waals surface area contributed by atoms with Gasteiger partial charge in [-0.15, -0.1) is 0 Å². The minimum Gasteiger partial charge on any atom is -0.494 e. The number of nitrogens with zero attached hydrogens (tertiary/aromatic N) is 1.